The first-order valence-corrected chi connectivity index (χ1v) is 9.92. The van der Waals surface area contributed by atoms with Crippen LogP contribution in [0.1, 0.15) is 47.4 Å². The van der Waals surface area contributed by atoms with Crippen molar-refractivity contribution < 1.29 is 28.3 Å². The van der Waals surface area contributed by atoms with E-state index in [-0.39, 0.29) is 0 Å². The number of aromatic nitrogens is 2. The molecule has 1 aliphatic rings. The van der Waals surface area contributed by atoms with Crippen LogP contribution >= 0.6 is 0 Å². The molecule has 1 N–H and O–H groups in total. The SMILES string of the molecule is COc1ccc(OC)c(NC(=O)C(C)OC(=O)c2cc(C3CC3)nc3onc(C)c23)c1. The number of methoxy groups -OCH3 is 2. The number of pyridine rings is 1. The monoisotopic (exact) mass is 425 g/mol. The molecular weight excluding hydrogens is 402 g/mol. The Balaban J connectivity index is 1.54. The average Bonchev–Trinajstić information content (AvgIpc) is 3.56. The van der Waals surface area contributed by atoms with Crippen LogP contribution in [0.25, 0.3) is 11.1 Å². The number of hydrogen-bond donors (Lipinski definition) is 1. The summed E-state index contributed by atoms with van der Waals surface area (Å²) in [6.45, 7) is 3.23. The number of ether oxygens (including phenoxy) is 3. The smallest absolute Gasteiger partial charge is 0.339 e. The van der Waals surface area contributed by atoms with Gasteiger partial charge in [-0.3, -0.25) is 4.79 Å². The third-order valence-electron chi connectivity index (χ3n) is 5.17. The molecule has 162 valence electrons. The van der Waals surface area contributed by atoms with Gasteiger partial charge < -0.3 is 24.1 Å². The maximum absolute atomic E-state index is 13.0. The fourth-order valence-electron chi connectivity index (χ4n) is 3.29. The van der Waals surface area contributed by atoms with Gasteiger partial charge >= 0.3 is 5.97 Å². The van der Waals surface area contributed by atoms with Crippen molar-refractivity contribution in [2.75, 3.05) is 19.5 Å². The number of esters is 1. The molecule has 0 aliphatic heterocycles. The molecule has 1 saturated carbocycles. The Bertz CT molecular complexity index is 1150. The van der Waals surface area contributed by atoms with E-state index in [1.165, 1.54) is 21.1 Å². The number of nitrogens with zero attached hydrogens (tertiary/aromatic N) is 2. The number of carbonyl (C=O) groups excluding carboxylic acids is 2. The molecule has 0 radical (unpaired) electrons. The van der Waals surface area contributed by atoms with Crippen molar-refractivity contribution >= 4 is 28.7 Å². The highest BCUT2D eigenvalue weighted by Crippen LogP contribution is 2.40. The van der Waals surface area contributed by atoms with Gasteiger partial charge in [-0.2, -0.15) is 0 Å². The number of rotatable bonds is 7. The lowest BCUT2D eigenvalue weighted by atomic mass is 10.1. The Labute approximate surface area is 178 Å². The van der Waals surface area contributed by atoms with E-state index in [9.17, 15) is 9.59 Å². The van der Waals surface area contributed by atoms with E-state index in [1.54, 1.807) is 31.2 Å². The molecular formula is C22H23N3O6. The van der Waals surface area contributed by atoms with Crippen molar-refractivity contribution in [1.82, 2.24) is 10.1 Å². The Morgan fingerprint density at radius 3 is 2.65 bits per heavy atom. The van der Waals surface area contributed by atoms with Crippen molar-refractivity contribution in [3.8, 4) is 11.5 Å². The summed E-state index contributed by atoms with van der Waals surface area (Å²) >= 11 is 0. The molecule has 0 bridgehead atoms. The van der Waals surface area contributed by atoms with Crippen LogP contribution in [0, 0.1) is 6.92 Å². The van der Waals surface area contributed by atoms with Crippen molar-refractivity contribution in [3.63, 3.8) is 0 Å². The van der Waals surface area contributed by atoms with Gasteiger partial charge in [0.2, 0.25) is 0 Å². The first-order chi connectivity index (χ1) is 14.9. The summed E-state index contributed by atoms with van der Waals surface area (Å²) in [5, 5.41) is 7.12. The van der Waals surface area contributed by atoms with Gasteiger partial charge in [0.05, 0.1) is 36.6 Å². The maximum atomic E-state index is 13.0. The number of amides is 1. The lowest BCUT2D eigenvalue weighted by Gasteiger charge is -2.16. The molecule has 2 aromatic heterocycles. The van der Waals surface area contributed by atoms with E-state index >= 15 is 0 Å². The minimum atomic E-state index is -1.06. The third kappa shape index (κ3) is 4.16. The van der Waals surface area contributed by atoms with Crippen LogP contribution in [0.15, 0.2) is 28.8 Å². The number of nitrogens with one attached hydrogen (secondary N) is 1. The van der Waals surface area contributed by atoms with Gasteiger partial charge in [0.1, 0.15) is 11.5 Å². The molecule has 4 rings (SSSR count). The summed E-state index contributed by atoms with van der Waals surface area (Å²) in [5.41, 5.74) is 2.31. The zero-order valence-corrected chi connectivity index (χ0v) is 17.7. The normalized spacial score (nSPS) is 14.2. The van der Waals surface area contributed by atoms with Crippen molar-refractivity contribution in [2.24, 2.45) is 0 Å². The van der Waals surface area contributed by atoms with E-state index in [4.69, 9.17) is 18.7 Å². The molecule has 1 amide bonds. The lowest BCUT2D eigenvalue weighted by Crippen LogP contribution is -2.30. The van der Waals surface area contributed by atoms with Crippen LogP contribution < -0.4 is 14.8 Å². The summed E-state index contributed by atoms with van der Waals surface area (Å²) in [5.74, 6) is 0.172. The van der Waals surface area contributed by atoms with Gasteiger partial charge in [-0.15, -0.1) is 0 Å². The first-order valence-electron chi connectivity index (χ1n) is 9.92. The highest BCUT2D eigenvalue weighted by molar-refractivity contribution is 6.05. The molecule has 31 heavy (non-hydrogen) atoms. The molecule has 0 spiro atoms. The third-order valence-corrected chi connectivity index (χ3v) is 5.17. The number of hydrogen-bond acceptors (Lipinski definition) is 8. The molecule has 1 fully saturated rings. The highest BCUT2D eigenvalue weighted by Gasteiger charge is 2.30. The quantitative estimate of drug-likeness (QED) is 0.571. The molecule has 1 unspecified atom stereocenters. The number of anilines is 1. The topological polar surface area (TPSA) is 113 Å². The Morgan fingerprint density at radius 2 is 1.97 bits per heavy atom. The van der Waals surface area contributed by atoms with Gasteiger partial charge in [0, 0.05) is 17.7 Å². The van der Waals surface area contributed by atoms with Gasteiger partial charge in [-0.25, -0.2) is 9.78 Å². The van der Waals surface area contributed by atoms with Crippen LogP contribution in [0.2, 0.25) is 0 Å². The van der Waals surface area contributed by atoms with E-state index in [0.29, 0.717) is 45.5 Å². The number of fused-ring (bicyclic) bond motifs is 1. The standard InChI is InChI=1S/C22H23N3O6/c1-11-19-15(10-16(13-5-6-13)24-21(19)31-25-11)22(27)30-12(2)20(26)23-17-9-14(28-3)7-8-18(17)29-4/h7-10,12-13H,5-6H2,1-4H3,(H,23,26). The van der Waals surface area contributed by atoms with Gasteiger partial charge in [-0.1, -0.05) is 5.16 Å². The molecule has 3 aromatic rings. The highest BCUT2D eigenvalue weighted by atomic mass is 16.5. The van der Waals surface area contributed by atoms with E-state index in [2.05, 4.69) is 15.5 Å². The first kappa shape index (κ1) is 20.6. The fourth-order valence-corrected chi connectivity index (χ4v) is 3.29. The summed E-state index contributed by atoms with van der Waals surface area (Å²) in [6, 6.07) is 6.72. The van der Waals surface area contributed by atoms with E-state index < -0.39 is 18.0 Å². The predicted molar refractivity (Wildman–Crippen MR) is 112 cm³/mol. The van der Waals surface area contributed by atoms with Crippen molar-refractivity contribution in [3.05, 3.63) is 41.2 Å². The molecule has 9 nitrogen and oxygen atoms in total. The van der Waals surface area contributed by atoms with Crippen molar-refractivity contribution in [1.29, 1.82) is 0 Å². The molecule has 1 aliphatic carbocycles. The minimum Gasteiger partial charge on any atom is -0.497 e. The zero-order chi connectivity index (χ0) is 22.1. The lowest BCUT2D eigenvalue weighted by molar-refractivity contribution is -0.123. The van der Waals surface area contributed by atoms with Crippen LogP contribution in [0.3, 0.4) is 0 Å². The number of benzene rings is 1. The molecule has 1 aromatic carbocycles. The summed E-state index contributed by atoms with van der Waals surface area (Å²) in [6.07, 6.45) is 0.971. The Morgan fingerprint density at radius 1 is 1.19 bits per heavy atom. The van der Waals surface area contributed by atoms with E-state index in [1.807, 2.05) is 0 Å². The minimum absolute atomic E-state index is 0.296. The Hall–Kier alpha value is -3.62. The van der Waals surface area contributed by atoms with Crippen LogP contribution in [0.5, 0.6) is 11.5 Å². The Kier molecular flexibility index (Phi) is 5.50. The summed E-state index contributed by atoms with van der Waals surface area (Å²) in [7, 11) is 3.02. The van der Waals surface area contributed by atoms with Crippen LogP contribution in [-0.2, 0) is 9.53 Å². The van der Waals surface area contributed by atoms with Crippen molar-refractivity contribution in [2.45, 2.75) is 38.7 Å². The summed E-state index contributed by atoms with van der Waals surface area (Å²) in [4.78, 5) is 30.1. The van der Waals surface area contributed by atoms with Crippen LogP contribution in [-0.4, -0.2) is 42.3 Å². The molecule has 0 saturated heterocycles. The largest absolute Gasteiger partial charge is 0.497 e. The number of carbonyl (C=O) groups is 2. The second kappa shape index (κ2) is 8.25. The van der Waals surface area contributed by atoms with Gasteiger partial charge in [-0.05, 0) is 44.9 Å². The average molecular weight is 425 g/mol. The van der Waals surface area contributed by atoms with Gasteiger partial charge in [0.25, 0.3) is 11.6 Å². The maximum Gasteiger partial charge on any atom is 0.339 e. The summed E-state index contributed by atoms with van der Waals surface area (Å²) < 4.78 is 21.2. The van der Waals surface area contributed by atoms with E-state index in [0.717, 1.165) is 18.5 Å². The predicted octanol–water partition coefficient (Wildman–Crippen LogP) is 3.61. The van der Waals surface area contributed by atoms with Crippen LogP contribution in [0.4, 0.5) is 5.69 Å². The fraction of sp³-hybridized carbons (Fsp3) is 0.364. The van der Waals surface area contributed by atoms with Gasteiger partial charge in [0.15, 0.2) is 6.10 Å². The molecule has 2 heterocycles. The molecule has 1 atom stereocenters. The second-order valence-corrected chi connectivity index (χ2v) is 7.42. The zero-order valence-electron chi connectivity index (χ0n) is 17.7. The number of aryl methyl sites for hydroxylation is 1. The molecule has 9 heteroatoms. The second-order valence-electron chi connectivity index (χ2n) is 7.42.